The first-order chi connectivity index (χ1) is 12.1. The minimum Gasteiger partial charge on any atom is -0.497 e. The topological polar surface area (TPSA) is 93.9 Å². The van der Waals surface area contributed by atoms with Gasteiger partial charge in [-0.15, -0.1) is 0 Å². The van der Waals surface area contributed by atoms with Crippen LogP contribution in [0.2, 0.25) is 0 Å². The van der Waals surface area contributed by atoms with Gasteiger partial charge < -0.3 is 19.2 Å². The molecule has 1 atom stereocenters. The van der Waals surface area contributed by atoms with Crippen LogP contribution < -0.4 is 10.1 Å². The zero-order valence-corrected chi connectivity index (χ0v) is 14.3. The lowest BCUT2D eigenvalue weighted by molar-refractivity contribution is -0.127. The summed E-state index contributed by atoms with van der Waals surface area (Å²) in [7, 11) is 2.90. The van der Waals surface area contributed by atoms with Crippen LogP contribution in [0.1, 0.15) is 25.2 Å². The van der Waals surface area contributed by atoms with Crippen LogP contribution in [0, 0.1) is 0 Å². The third-order valence-electron chi connectivity index (χ3n) is 4.27. The summed E-state index contributed by atoms with van der Waals surface area (Å²) in [5.41, 5.74) is 1.29. The quantitative estimate of drug-likeness (QED) is 0.910. The molecule has 8 nitrogen and oxygen atoms in total. The molecule has 3 rings (SSSR count). The van der Waals surface area contributed by atoms with Crippen molar-refractivity contribution in [3.63, 3.8) is 0 Å². The third-order valence-corrected chi connectivity index (χ3v) is 4.27. The number of hydrogen-bond donors (Lipinski definition) is 1. The van der Waals surface area contributed by atoms with E-state index in [9.17, 15) is 9.59 Å². The van der Waals surface area contributed by atoms with Gasteiger partial charge in [-0.2, -0.15) is 0 Å². The summed E-state index contributed by atoms with van der Waals surface area (Å²) in [4.78, 5) is 30.1. The Hall–Kier alpha value is -2.77. The Morgan fingerprint density at radius 2 is 2.20 bits per heavy atom. The first kappa shape index (κ1) is 17.1. The number of ether oxygens (including phenoxy) is 2. The number of rotatable bonds is 4. The standard InChI is InChI=1S/C17H21N3O5/c1-23-11-6-7-14-12(9-11)19-15(25-14)10-18-16(21)13-5-3-4-8-20(13)17(22)24-2/h6-7,9,13H,3-5,8,10H2,1-2H3,(H,18,21)/t13-/m1/s1. The lowest BCUT2D eigenvalue weighted by Crippen LogP contribution is -2.51. The Kier molecular flexibility index (Phi) is 5.06. The van der Waals surface area contributed by atoms with Crippen LogP contribution in [0.3, 0.4) is 0 Å². The number of hydrogen-bond acceptors (Lipinski definition) is 6. The van der Waals surface area contributed by atoms with Crippen molar-refractivity contribution in [2.75, 3.05) is 20.8 Å². The van der Waals surface area contributed by atoms with Crippen molar-refractivity contribution < 1.29 is 23.5 Å². The second-order valence-corrected chi connectivity index (χ2v) is 5.83. The van der Waals surface area contributed by atoms with Gasteiger partial charge >= 0.3 is 6.09 Å². The van der Waals surface area contributed by atoms with Crippen LogP contribution in [0.25, 0.3) is 11.1 Å². The molecule has 0 radical (unpaired) electrons. The molecule has 2 aromatic rings. The first-order valence-corrected chi connectivity index (χ1v) is 8.18. The molecule has 25 heavy (non-hydrogen) atoms. The average molecular weight is 347 g/mol. The maximum absolute atomic E-state index is 12.5. The highest BCUT2D eigenvalue weighted by Crippen LogP contribution is 2.22. The first-order valence-electron chi connectivity index (χ1n) is 8.18. The summed E-state index contributed by atoms with van der Waals surface area (Å²) in [6.07, 6.45) is 1.90. The predicted molar refractivity (Wildman–Crippen MR) is 89.2 cm³/mol. The van der Waals surface area contributed by atoms with Crippen molar-refractivity contribution >= 4 is 23.1 Å². The largest absolute Gasteiger partial charge is 0.497 e. The van der Waals surface area contributed by atoms with Gasteiger partial charge in [0.15, 0.2) is 5.58 Å². The van der Waals surface area contributed by atoms with Gasteiger partial charge in [-0.25, -0.2) is 9.78 Å². The summed E-state index contributed by atoms with van der Waals surface area (Å²) < 4.78 is 15.5. The lowest BCUT2D eigenvalue weighted by Gasteiger charge is -2.33. The number of aromatic nitrogens is 1. The zero-order chi connectivity index (χ0) is 17.8. The van der Waals surface area contributed by atoms with Crippen LogP contribution in [-0.4, -0.2) is 48.7 Å². The van der Waals surface area contributed by atoms with Crippen LogP contribution in [0.15, 0.2) is 22.6 Å². The minimum absolute atomic E-state index is 0.154. The van der Waals surface area contributed by atoms with E-state index >= 15 is 0 Å². The van der Waals surface area contributed by atoms with Crippen molar-refractivity contribution in [3.8, 4) is 5.75 Å². The SMILES string of the molecule is COC(=O)N1CCCC[C@@H]1C(=O)NCc1nc2cc(OC)ccc2o1. The maximum Gasteiger partial charge on any atom is 0.410 e. The van der Waals surface area contributed by atoms with Gasteiger partial charge in [-0.3, -0.25) is 9.69 Å². The number of fused-ring (bicyclic) bond motifs is 1. The van der Waals surface area contributed by atoms with Gasteiger partial charge in [-0.05, 0) is 31.4 Å². The number of carbonyl (C=O) groups is 2. The zero-order valence-electron chi connectivity index (χ0n) is 14.3. The molecule has 1 saturated heterocycles. The summed E-state index contributed by atoms with van der Waals surface area (Å²) in [6.45, 7) is 0.675. The van der Waals surface area contributed by atoms with Crippen molar-refractivity contribution in [1.29, 1.82) is 0 Å². The summed E-state index contributed by atoms with van der Waals surface area (Å²) in [5.74, 6) is 0.856. The lowest BCUT2D eigenvalue weighted by atomic mass is 10.0. The highest BCUT2D eigenvalue weighted by Gasteiger charge is 2.32. The Morgan fingerprint density at radius 3 is 2.96 bits per heavy atom. The highest BCUT2D eigenvalue weighted by atomic mass is 16.5. The van der Waals surface area contributed by atoms with Crippen LogP contribution in [-0.2, 0) is 16.1 Å². The van der Waals surface area contributed by atoms with E-state index in [1.54, 1.807) is 25.3 Å². The molecule has 8 heteroatoms. The summed E-state index contributed by atoms with van der Waals surface area (Å²) in [5, 5.41) is 2.79. The molecule has 1 fully saturated rings. The molecule has 1 aromatic carbocycles. The number of oxazole rings is 1. The van der Waals surface area contributed by atoms with Crippen LogP contribution in [0.4, 0.5) is 4.79 Å². The van der Waals surface area contributed by atoms with Gasteiger partial charge in [0.1, 0.15) is 17.3 Å². The third kappa shape index (κ3) is 3.67. The number of nitrogens with one attached hydrogen (secondary N) is 1. The molecule has 1 aromatic heterocycles. The Labute approximate surface area is 145 Å². The fraction of sp³-hybridized carbons (Fsp3) is 0.471. The van der Waals surface area contributed by atoms with E-state index in [1.165, 1.54) is 12.0 Å². The van der Waals surface area contributed by atoms with Crippen molar-refractivity contribution in [1.82, 2.24) is 15.2 Å². The average Bonchev–Trinajstić information content (AvgIpc) is 3.07. The smallest absolute Gasteiger partial charge is 0.410 e. The van der Waals surface area contributed by atoms with E-state index in [-0.39, 0.29) is 12.5 Å². The van der Waals surface area contributed by atoms with Gasteiger partial charge in [0.05, 0.1) is 20.8 Å². The van der Waals surface area contributed by atoms with E-state index in [2.05, 4.69) is 10.3 Å². The molecule has 1 N–H and O–H groups in total. The van der Waals surface area contributed by atoms with E-state index in [0.717, 1.165) is 12.8 Å². The second-order valence-electron chi connectivity index (χ2n) is 5.83. The molecule has 134 valence electrons. The number of carbonyl (C=O) groups excluding carboxylic acids is 2. The molecule has 1 aliphatic rings. The fourth-order valence-corrected chi connectivity index (χ4v) is 2.98. The number of amides is 2. The minimum atomic E-state index is -0.523. The number of methoxy groups -OCH3 is 2. The number of piperidine rings is 1. The van der Waals surface area contributed by atoms with Crippen LogP contribution in [0.5, 0.6) is 5.75 Å². The summed E-state index contributed by atoms with van der Waals surface area (Å²) >= 11 is 0. The maximum atomic E-state index is 12.5. The summed E-state index contributed by atoms with van der Waals surface area (Å²) in [6, 6.07) is 4.80. The Morgan fingerprint density at radius 1 is 1.36 bits per heavy atom. The van der Waals surface area contributed by atoms with E-state index in [0.29, 0.717) is 35.7 Å². The van der Waals surface area contributed by atoms with E-state index < -0.39 is 12.1 Å². The van der Waals surface area contributed by atoms with Crippen molar-refractivity contribution in [3.05, 3.63) is 24.1 Å². The molecule has 0 saturated carbocycles. The molecule has 0 unspecified atom stereocenters. The Bertz CT molecular complexity index is 773. The van der Waals surface area contributed by atoms with Crippen molar-refractivity contribution in [2.24, 2.45) is 0 Å². The molecule has 2 amide bonds. The molecule has 0 bridgehead atoms. The monoisotopic (exact) mass is 347 g/mol. The molecule has 0 aliphatic carbocycles. The molecule has 2 heterocycles. The number of benzene rings is 1. The second kappa shape index (κ2) is 7.42. The highest BCUT2D eigenvalue weighted by molar-refractivity contribution is 5.85. The van der Waals surface area contributed by atoms with Gasteiger partial charge in [0.25, 0.3) is 0 Å². The van der Waals surface area contributed by atoms with Crippen LogP contribution >= 0.6 is 0 Å². The predicted octanol–water partition coefficient (Wildman–Crippen LogP) is 2.07. The van der Waals surface area contributed by atoms with E-state index in [1.807, 2.05) is 0 Å². The van der Waals surface area contributed by atoms with Gasteiger partial charge in [0, 0.05) is 12.6 Å². The van der Waals surface area contributed by atoms with Gasteiger partial charge in [-0.1, -0.05) is 0 Å². The van der Waals surface area contributed by atoms with Crippen molar-refractivity contribution in [2.45, 2.75) is 31.8 Å². The molecule has 0 spiro atoms. The molecular weight excluding hydrogens is 326 g/mol. The van der Waals surface area contributed by atoms with E-state index in [4.69, 9.17) is 13.9 Å². The Balaban J connectivity index is 1.65. The fourth-order valence-electron chi connectivity index (χ4n) is 2.98. The molecule has 1 aliphatic heterocycles. The number of likely N-dealkylation sites (tertiary alicyclic amines) is 1. The molecular formula is C17H21N3O5. The normalized spacial score (nSPS) is 17.4. The van der Waals surface area contributed by atoms with Gasteiger partial charge in [0.2, 0.25) is 11.8 Å². The number of nitrogens with zero attached hydrogens (tertiary/aromatic N) is 2.